The van der Waals surface area contributed by atoms with Gasteiger partial charge in [0, 0.05) is 11.0 Å². The molecule has 0 aliphatic carbocycles. The molecule has 1 nitrogen and oxygen atoms in total. The van der Waals surface area contributed by atoms with Crippen molar-refractivity contribution in [1.29, 1.82) is 0 Å². The van der Waals surface area contributed by atoms with Crippen molar-refractivity contribution in [2.45, 2.75) is 20.8 Å². The first-order valence-electron chi connectivity index (χ1n) is 3.76. The van der Waals surface area contributed by atoms with Crippen molar-refractivity contribution in [2.24, 2.45) is 5.41 Å². The zero-order chi connectivity index (χ0) is 8.20. The second-order valence-corrected chi connectivity index (χ2v) is 4.39. The molecule has 0 aromatic carbocycles. The fourth-order valence-corrected chi connectivity index (χ4v) is 1.13. The molecular weight excluding hydrogens is 237 g/mol. The van der Waals surface area contributed by atoms with Crippen molar-refractivity contribution in [3.63, 3.8) is 0 Å². The van der Waals surface area contributed by atoms with Gasteiger partial charge in [-0.3, -0.25) is 0 Å². The zero-order valence-electron chi connectivity index (χ0n) is 7.45. The number of rotatable bonds is 4. The highest BCUT2D eigenvalue weighted by Crippen LogP contribution is 2.18. The van der Waals surface area contributed by atoms with E-state index in [0.29, 0.717) is 5.41 Å². The molecular formula is C8H18IN. The maximum absolute atomic E-state index is 2.45. The van der Waals surface area contributed by atoms with Gasteiger partial charge in [0.15, 0.2) is 0 Å². The molecule has 0 atom stereocenters. The van der Waals surface area contributed by atoms with Crippen molar-refractivity contribution in [3.05, 3.63) is 0 Å². The van der Waals surface area contributed by atoms with Gasteiger partial charge in [-0.15, -0.1) is 0 Å². The standard InChI is InChI=1S/C8H18IN/c1-5-10(4)7-8(2,3)6-9/h5-7H2,1-4H3. The molecule has 62 valence electrons. The van der Waals surface area contributed by atoms with E-state index in [1.54, 1.807) is 0 Å². The lowest BCUT2D eigenvalue weighted by atomic mass is 9.96. The van der Waals surface area contributed by atoms with Crippen LogP contribution in [0.15, 0.2) is 0 Å². The summed E-state index contributed by atoms with van der Waals surface area (Å²) < 4.78 is 1.23. The van der Waals surface area contributed by atoms with Crippen LogP contribution in [0.5, 0.6) is 0 Å². The predicted octanol–water partition coefficient (Wildman–Crippen LogP) is 2.40. The molecule has 0 saturated carbocycles. The maximum Gasteiger partial charge on any atom is 0.00589 e. The van der Waals surface area contributed by atoms with E-state index in [1.807, 2.05) is 0 Å². The van der Waals surface area contributed by atoms with E-state index in [2.05, 4.69) is 55.3 Å². The molecule has 0 amide bonds. The highest BCUT2D eigenvalue weighted by Gasteiger charge is 2.17. The van der Waals surface area contributed by atoms with Crippen LogP contribution in [0, 0.1) is 5.41 Å². The van der Waals surface area contributed by atoms with Crippen molar-refractivity contribution in [1.82, 2.24) is 4.90 Å². The molecule has 0 heterocycles. The summed E-state index contributed by atoms with van der Waals surface area (Å²) in [5, 5.41) is 0. The van der Waals surface area contributed by atoms with Crippen LogP contribution in [0.25, 0.3) is 0 Å². The lowest BCUT2D eigenvalue weighted by Gasteiger charge is -2.27. The summed E-state index contributed by atoms with van der Waals surface area (Å²) >= 11 is 2.45. The summed E-state index contributed by atoms with van der Waals surface area (Å²) in [6.07, 6.45) is 0. The van der Waals surface area contributed by atoms with E-state index in [9.17, 15) is 0 Å². The van der Waals surface area contributed by atoms with Gasteiger partial charge in [0.05, 0.1) is 0 Å². The molecule has 0 aromatic heterocycles. The Morgan fingerprint density at radius 1 is 1.40 bits per heavy atom. The molecule has 0 spiro atoms. The zero-order valence-corrected chi connectivity index (χ0v) is 9.60. The fraction of sp³-hybridized carbons (Fsp3) is 1.00. The molecule has 0 aliphatic rings. The Kier molecular flexibility index (Phi) is 4.86. The van der Waals surface area contributed by atoms with E-state index >= 15 is 0 Å². The Morgan fingerprint density at radius 3 is 2.20 bits per heavy atom. The molecule has 0 bridgehead atoms. The second-order valence-electron chi connectivity index (χ2n) is 3.63. The molecule has 0 radical (unpaired) electrons. The predicted molar refractivity (Wildman–Crippen MR) is 55.8 cm³/mol. The first kappa shape index (κ1) is 10.7. The second kappa shape index (κ2) is 4.54. The van der Waals surface area contributed by atoms with Gasteiger partial charge in [0.2, 0.25) is 0 Å². The lowest BCUT2D eigenvalue weighted by molar-refractivity contribution is 0.243. The van der Waals surface area contributed by atoms with E-state index in [-0.39, 0.29) is 0 Å². The summed E-state index contributed by atoms with van der Waals surface area (Å²) in [7, 11) is 2.17. The van der Waals surface area contributed by atoms with Gasteiger partial charge < -0.3 is 4.90 Å². The minimum atomic E-state index is 0.478. The third-order valence-corrected chi connectivity index (χ3v) is 3.66. The monoisotopic (exact) mass is 255 g/mol. The first-order chi connectivity index (χ1) is 4.52. The quantitative estimate of drug-likeness (QED) is 0.550. The molecule has 0 saturated heterocycles. The Hall–Kier alpha value is 0.690. The minimum Gasteiger partial charge on any atom is -0.306 e. The SMILES string of the molecule is CCN(C)CC(C)(C)CI. The summed E-state index contributed by atoms with van der Waals surface area (Å²) in [6, 6.07) is 0. The molecule has 0 rings (SSSR count). The normalized spacial score (nSPS) is 12.6. The molecule has 0 unspecified atom stereocenters. The van der Waals surface area contributed by atoms with Crippen LogP contribution in [0.1, 0.15) is 20.8 Å². The van der Waals surface area contributed by atoms with Gasteiger partial charge in [0.25, 0.3) is 0 Å². The van der Waals surface area contributed by atoms with Crippen molar-refractivity contribution in [2.75, 3.05) is 24.6 Å². The Labute approximate surface area is 78.3 Å². The van der Waals surface area contributed by atoms with E-state index in [0.717, 1.165) is 6.54 Å². The third kappa shape index (κ3) is 4.50. The molecule has 0 aromatic rings. The van der Waals surface area contributed by atoms with E-state index in [4.69, 9.17) is 0 Å². The van der Waals surface area contributed by atoms with Crippen molar-refractivity contribution >= 4 is 22.6 Å². The Balaban J connectivity index is 3.64. The highest BCUT2D eigenvalue weighted by atomic mass is 127. The number of nitrogens with zero attached hydrogens (tertiary/aromatic N) is 1. The van der Waals surface area contributed by atoms with Gasteiger partial charge in [-0.1, -0.05) is 43.4 Å². The van der Waals surface area contributed by atoms with Crippen LogP contribution < -0.4 is 0 Å². The van der Waals surface area contributed by atoms with Crippen LogP contribution in [-0.4, -0.2) is 29.5 Å². The number of hydrogen-bond acceptors (Lipinski definition) is 1. The van der Waals surface area contributed by atoms with Crippen molar-refractivity contribution < 1.29 is 0 Å². The Morgan fingerprint density at radius 2 is 1.90 bits per heavy atom. The number of hydrogen-bond donors (Lipinski definition) is 0. The van der Waals surface area contributed by atoms with Crippen LogP contribution in [-0.2, 0) is 0 Å². The smallest absolute Gasteiger partial charge is 0.00589 e. The van der Waals surface area contributed by atoms with Gasteiger partial charge in [0.1, 0.15) is 0 Å². The first-order valence-corrected chi connectivity index (χ1v) is 5.29. The van der Waals surface area contributed by atoms with E-state index in [1.165, 1.54) is 11.0 Å². The molecule has 10 heavy (non-hydrogen) atoms. The summed E-state index contributed by atoms with van der Waals surface area (Å²) in [6.45, 7) is 9.17. The molecule has 0 aliphatic heterocycles. The lowest BCUT2D eigenvalue weighted by Crippen LogP contribution is -2.32. The molecule has 0 N–H and O–H groups in total. The largest absolute Gasteiger partial charge is 0.306 e. The third-order valence-electron chi connectivity index (χ3n) is 1.60. The minimum absolute atomic E-state index is 0.478. The van der Waals surface area contributed by atoms with Crippen LogP contribution in [0.3, 0.4) is 0 Å². The average Bonchev–Trinajstić information content (AvgIpc) is 1.87. The summed E-state index contributed by atoms with van der Waals surface area (Å²) in [5.41, 5.74) is 0.478. The molecule has 0 fully saturated rings. The maximum atomic E-state index is 2.45. The molecule has 2 heteroatoms. The van der Waals surface area contributed by atoms with Crippen LogP contribution in [0.2, 0.25) is 0 Å². The fourth-order valence-electron chi connectivity index (χ4n) is 0.885. The van der Waals surface area contributed by atoms with Gasteiger partial charge >= 0.3 is 0 Å². The van der Waals surface area contributed by atoms with E-state index < -0.39 is 0 Å². The van der Waals surface area contributed by atoms with Crippen LogP contribution >= 0.6 is 22.6 Å². The highest BCUT2D eigenvalue weighted by molar-refractivity contribution is 14.1. The average molecular weight is 255 g/mol. The number of alkyl halides is 1. The van der Waals surface area contributed by atoms with Crippen LogP contribution in [0.4, 0.5) is 0 Å². The topological polar surface area (TPSA) is 3.24 Å². The van der Waals surface area contributed by atoms with Crippen molar-refractivity contribution in [3.8, 4) is 0 Å². The van der Waals surface area contributed by atoms with Gasteiger partial charge in [-0.05, 0) is 19.0 Å². The Bertz CT molecular complexity index is 91.3. The van der Waals surface area contributed by atoms with Gasteiger partial charge in [-0.25, -0.2) is 0 Å². The summed E-state index contributed by atoms with van der Waals surface area (Å²) in [4.78, 5) is 2.36. The number of halogens is 1. The summed E-state index contributed by atoms with van der Waals surface area (Å²) in [5.74, 6) is 0. The van der Waals surface area contributed by atoms with Gasteiger partial charge in [-0.2, -0.15) is 0 Å².